The van der Waals surface area contributed by atoms with E-state index in [0.717, 1.165) is 12.1 Å². The van der Waals surface area contributed by atoms with E-state index in [1.165, 1.54) is 29.2 Å². The molecule has 8 nitrogen and oxygen atoms in total. The van der Waals surface area contributed by atoms with Gasteiger partial charge in [0.25, 0.3) is 5.91 Å². The number of carbonyl (C=O) groups excluding carboxylic acids is 2. The molecule has 31 heavy (non-hydrogen) atoms. The summed E-state index contributed by atoms with van der Waals surface area (Å²) in [6, 6.07) is 11.4. The summed E-state index contributed by atoms with van der Waals surface area (Å²) in [4.78, 5) is 28.0. The van der Waals surface area contributed by atoms with Crippen molar-refractivity contribution in [2.24, 2.45) is 0 Å². The lowest BCUT2D eigenvalue weighted by atomic mass is 10.1. The Hall–Kier alpha value is -4.15. The number of benzene rings is 2. The summed E-state index contributed by atoms with van der Waals surface area (Å²) in [5.41, 5.74) is 1.05. The van der Waals surface area contributed by atoms with E-state index in [1.807, 2.05) is 0 Å². The molecule has 1 atom stereocenters. The van der Waals surface area contributed by atoms with Crippen molar-refractivity contribution in [3.63, 3.8) is 0 Å². The summed E-state index contributed by atoms with van der Waals surface area (Å²) < 4.78 is 47.3. The van der Waals surface area contributed by atoms with E-state index < -0.39 is 24.1 Å². The summed E-state index contributed by atoms with van der Waals surface area (Å²) in [5, 5.41) is 6.90. The Morgan fingerprint density at radius 1 is 1.16 bits per heavy atom. The lowest BCUT2D eigenvalue weighted by Crippen LogP contribution is -2.32. The van der Waals surface area contributed by atoms with Gasteiger partial charge in [0.15, 0.2) is 18.2 Å². The summed E-state index contributed by atoms with van der Waals surface area (Å²) >= 11 is 0. The Morgan fingerprint density at radius 2 is 1.87 bits per heavy atom. The summed E-state index contributed by atoms with van der Waals surface area (Å²) in [7, 11) is 0. The van der Waals surface area contributed by atoms with Gasteiger partial charge in [-0.3, -0.25) is 14.9 Å². The number of anilines is 1. The van der Waals surface area contributed by atoms with Gasteiger partial charge in [-0.15, -0.1) is 18.3 Å². The van der Waals surface area contributed by atoms with Crippen LogP contribution in [0.4, 0.5) is 19.1 Å². The van der Waals surface area contributed by atoms with Gasteiger partial charge in [0.2, 0.25) is 5.95 Å². The number of aldehydes is 1. The van der Waals surface area contributed by atoms with Crippen LogP contribution >= 0.6 is 0 Å². The highest BCUT2D eigenvalue weighted by Crippen LogP contribution is 2.27. The van der Waals surface area contributed by atoms with Gasteiger partial charge < -0.3 is 9.47 Å². The minimum Gasteiger partial charge on any atom is -0.484 e. The fraction of sp³-hybridized carbons (Fsp3) is 0.100. The SMILES string of the molecule is O=Cc1ccccc1-c1nc(NC(=O)C2C=CO2)n(-c2ccc(OC(F)(F)F)cc2)n1. The van der Waals surface area contributed by atoms with Crippen LogP contribution in [0.25, 0.3) is 17.1 Å². The third-order valence-electron chi connectivity index (χ3n) is 4.22. The first-order valence-corrected chi connectivity index (χ1v) is 8.85. The van der Waals surface area contributed by atoms with E-state index in [-0.39, 0.29) is 11.8 Å². The molecule has 0 aliphatic carbocycles. The minimum atomic E-state index is -4.82. The van der Waals surface area contributed by atoms with Crippen molar-refractivity contribution in [3.05, 3.63) is 66.4 Å². The molecule has 1 aromatic heterocycles. The van der Waals surface area contributed by atoms with Crippen LogP contribution in [-0.4, -0.2) is 39.4 Å². The van der Waals surface area contributed by atoms with Crippen molar-refractivity contribution in [1.29, 1.82) is 0 Å². The van der Waals surface area contributed by atoms with Gasteiger partial charge in [-0.1, -0.05) is 24.3 Å². The topological polar surface area (TPSA) is 95.3 Å². The molecule has 11 heteroatoms. The second kappa shape index (κ2) is 7.94. The monoisotopic (exact) mass is 430 g/mol. The molecule has 0 radical (unpaired) electrons. The van der Waals surface area contributed by atoms with Crippen LogP contribution in [0.3, 0.4) is 0 Å². The molecular weight excluding hydrogens is 417 g/mol. The van der Waals surface area contributed by atoms with Crippen LogP contribution in [0.1, 0.15) is 10.4 Å². The highest BCUT2D eigenvalue weighted by Gasteiger charge is 2.31. The van der Waals surface area contributed by atoms with Crippen molar-refractivity contribution in [2.75, 3.05) is 5.32 Å². The van der Waals surface area contributed by atoms with E-state index in [0.29, 0.717) is 23.1 Å². The van der Waals surface area contributed by atoms with Crippen molar-refractivity contribution in [2.45, 2.75) is 12.5 Å². The number of nitrogens with zero attached hydrogens (tertiary/aromatic N) is 3. The zero-order chi connectivity index (χ0) is 22.0. The average Bonchev–Trinajstić information content (AvgIpc) is 3.09. The number of halogens is 3. The molecule has 158 valence electrons. The Labute approximate surface area is 172 Å². The molecule has 3 aromatic rings. The van der Waals surface area contributed by atoms with E-state index in [1.54, 1.807) is 24.3 Å². The second-order valence-electron chi connectivity index (χ2n) is 6.29. The molecular formula is C20H13F3N4O4. The third-order valence-corrected chi connectivity index (χ3v) is 4.22. The number of amides is 1. The highest BCUT2D eigenvalue weighted by atomic mass is 19.4. The Balaban J connectivity index is 1.72. The van der Waals surface area contributed by atoms with Crippen molar-refractivity contribution in [1.82, 2.24) is 14.8 Å². The largest absolute Gasteiger partial charge is 0.573 e. The van der Waals surface area contributed by atoms with E-state index >= 15 is 0 Å². The minimum absolute atomic E-state index is 0.00547. The van der Waals surface area contributed by atoms with Crippen LogP contribution in [0, 0.1) is 0 Å². The van der Waals surface area contributed by atoms with Gasteiger partial charge in [-0.25, -0.2) is 0 Å². The van der Waals surface area contributed by atoms with Crippen LogP contribution in [-0.2, 0) is 9.53 Å². The van der Waals surface area contributed by atoms with E-state index in [2.05, 4.69) is 20.1 Å². The first kappa shape index (κ1) is 20.1. The normalized spacial score (nSPS) is 15.0. The van der Waals surface area contributed by atoms with Gasteiger partial charge in [0.1, 0.15) is 5.75 Å². The lowest BCUT2D eigenvalue weighted by molar-refractivity contribution is -0.274. The molecule has 0 fully saturated rings. The first-order chi connectivity index (χ1) is 14.8. The van der Waals surface area contributed by atoms with Gasteiger partial charge in [-0.2, -0.15) is 9.67 Å². The molecule has 0 saturated heterocycles. The summed E-state index contributed by atoms with van der Waals surface area (Å²) in [6.45, 7) is 0. The third kappa shape index (κ3) is 4.39. The van der Waals surface area contributed by atoms with Crippen molar-refractivity contribution >= 4 is 18.1 Å². The van der Waals surface area contributed by atoms with Gasteiger partial charge in [0.05, 0.1) is 11.9 Å². The molecule has 4 rings (SSSR count). The van der Waals surface area contributed by atoms with Gasteiger partial charge >= 0.3 is 6.36 Å². The van der Waals surface area contributed by atoms with Gasteiger partial charge in [0, 0.05) is 17.2 Å². The number of rotatable bonds is 6. The number of carbonyl (C=O) groups is 2. The Bertz CT molecular complexity index is 1160. The molecule has 2 aromatic carbocycles. The standard InChI is InChI=1S/C20H13F3N4O4/c21-20(22,23)31-14-7-5-13(6-8-14)27-19(25-18(29)16-9-10-30-16)24-17(26-27)15-4-2-1-3-12(15)11-28/h1-11,16H,(H,24,25,26,29). The first-order valence-electron chi connectivity index (χ1n) is 8.85. The molecule has 1 unspecified atom stereocenters. The second-order valence-corrected chi connectivity index (χ2v) is 6.29. The van der Waals surface area contributed by atoms with Crippen LogP contribution in [0.15, 0.2) is 60.9 Å². The number of nitrogens with one attached hydrogen (secondary N) is 1. The molecule has 0 bridgehead atoms. The number of hydrogen-bond acceptors (Lipinski definition) is 6. The molecule has 1 aliphatic rings. The zero-order valence-corrected chi connectivity index (χ0v) is 15.5. The fourth-order valence-electron chi connectivity index (χ4n) is 2.77. The van der Waals surface area contributed by atoms with Crippen molar-refractivity contribution in [3.8, 4) is 22.8 Å². The summed E-state index contributed by atoms with van der Waals surface area (Å²) in [5.74, 6) is -0.794. The zero-order valence-electron chi connectivity index (χ0n) is 15.5. The van der Waals surface area contributed by atoms with Gasteiger partial charge in [-0.05, 0) is 24.3 Å². The maximum absolute atomic E-state index is 12.4. The van der Waals surface area contributed by atoms with E-state index in [9.17, 15) is 22.8 Å². The molecule has 2 heterocycles. The summed E-state index contributed by atoms with van der Waals surface area (Å²) in [6.07, 6.45) is -2.08. The van der Waals surface area contributed by atoms with Crippen LogP contribution in [0.2, 0.25) is 0 Å². The number of hydrogen-bond donors (Lipinski definition) is 1. The quantitative estimate of drug-likeness (QED) is 0.602. The maximum Gasteiger partial charge on any atom is 0.573 e. The molecule has 0 spiro atoms. The smallest absolute Gasteiger partial charge is 0.484 e. The predicted octanol–water partition coefficient (Wildman–Crippen LogP) is 3.50. The molecule has 1 amide bonds. The number of aromatic nitrogens is 3. The molecule has 1 N–H and O–H groups in total. The average molecular weight is 430 g/mol. The Morgan fingerprint density at radius 3 is 2.48 bits per heavy atom. The van der Waals surface area contributed by atoms with Crippen molar-refractivity contribution < 1.29 is 32.2 Å². The number of alkyl halides is 3. The lowest BCUT2D eigenvalue weighted by Gasteiger charge is -2.18. The van der Waals surface area contributed by atoms with E-state index in [4.69, 9.17) is 4.74 Å². The Kier molecular flexibility index (Phi) is 5.15. The van der Waals surface area contributed by atoms with Crippen LogP contribution in [0.5, 0.6) is 5.75 Å². The highest BCUT2D eigenvalue weighted by molar-refractivity contribution is 5.95. The molecule has 1 aliphatic heterocycles. The van der Waals surface area contributed by atoms with Crippen LogP contribution < -0.4 is 10.1 Å². The number of ether oxygens (including phenoxy) is 2. The molecule has 0 saturated carbocycles. The maximum atomic E-state index is 12.4. The predicted molar refractivity (Wildman–Crippen MR) is 102 cm³/mol. The fourth-order valence-corrected chi connectivity index (χ4v) is 2.77.